The van der Waals surface area contributed by atoms with Crippen molar-refractivity contribution in [2.45, 2.75) is 19.4 Å². The van der Waals surface area contributed by atoms with Gasteiger partial charge in [-0.15, -0.1) is 0 Å². The molecule has 0 fully saturated rings. The van der Waals surface area contributed by atoms with Crippen LogP contribution in [0, 0.1) is 0 Å². The summed E-state index contributed by atoms with van der Waals surface area (Å²) in [5, 5.41) is 10.6. The molecule has 1 aromatic heterocycles. The highest BCUT2D eigenvalue weighted by molar-refractivity contribution is 6.07. The van der Waals surface area contributed by atoms with Crippen LogP contribution in [0.3, 0.4) is 0 Å². The van der Waals surface area contributed by atoms with E-state index in [1.54, 1.807) is 39.2 Å². The van der Waals surface area contributed by atoms with Crippen molar-refractivity contribution in [3.05, 3.63) is 30.0 Å². The second-order valence-electron chi connectivity index (χ2n) is 5.48. The first-order valence-corrected chi connectivity index (χ1v) is 6.12. The number of nitrogens with one attached hydrogen (secondary N) is 1. The molecule has 0 bridgehead atoms. The lowest BCUT2D eigenvalue weighted by atomic mass is 10.1. The highest BCUT2D eigenvalue weighted by Gasteiger charge is 2.22. The zero-order valence-corrected chi connectivity index (χ0v) is 11.4. The van der Waals surface area contributed by atoms with Crippen LogP contribution in [-0.2, 0) is 0 Å². The fourth-order valence-electron chi connectivity index (χ4n) is 2.17. The van der Waals surface area contributed by atoms with E-state index in [0.29, 0.717) is 11.3 Å². The van der Waals surface area contributed by atoms with Crippen molar-refractivity contribution in [3.63, 3.8) is 0 Å². The molecule has 5 heteroatoms. The van der Waals surface area contributed by atoms with Gasteiger partial charge in [0.2, 0.25) is 0 Å². The Hall–Kier alpha value is -2.01. The number of amides is 1. The third-order valence-electron chi connectivity index (χ3n) is 2.91. The smallest absolute Gasteiger partial charge is 0.255 e. The molecule has 2 rings (SSSR count). The number of aromatic amines is 1. The van der Waals surface area contributed by atoms with Crippen LogP contribution in [0.4, 0.5) is 5.69 Å². The van der Waals surface area contributed by atoms with Gasteiger partial charge in [-0.1, -0.05) is 0 Å². The van der Waals surface area contributed by atoms with Gasteiger partial charge in [-0.3, -0.25) is 4.79 Å². The molecule has 102 valence electrons. The highest BCUT2D eigenvalue weighted by Crippen LogP contribution is 2.22. The number of hydrogen-bond acceptors (Lipinski definition) is 3. The third-order valence-corrected chi connectivity index (χ3v) is 2.91. The van der Waals surface area contributed by atoms with E-state index in [0.717, 1.165) is 10.9 Å². The molecule has 1 heterocycles. The average Bonchev–Trinajstić information content (AvgIpc) is 2.68. The molecule has 0 unspecified atom stereocenters. The van der Waals surface area contributed by atoms with Gasteiger partial charge in [-0.25, -0.2) is 0 Å². The number of likely N-dealkylation sites (N-methyl/N-ethyl adjacent to an activating group) is 1. The van der Waals surface area contributed by atoms with E-state index in [1.807, 2.05) is 6.07 Å². The molecule has 1 amide bonds. The van der Waals surface area contributed by atoms with Crippen molar-refractivity contribution < 1.29 is 9.90 Å². The number of H-pyrrole nitrogens is 1. The first-order valence-electron chi connectivity index (χ1n) is 6.12. The second kappa shape index (κ2) is 4.59. The maximum atomic E-state index is 12.4. The van der Waals surface area contributed by atoms with Crippen LogP contribution in [0.5, 0.6) is 0 Å². The summed E-state index contributed by atoms with van der Waals surface area (Å²) >= 11 is 0. The monoisotopic (exact) mass is 261 g/mol. The van der Waals surface area contributed by atoms with Gasteiger partial charge in [-0.05, 0) is 32.0 Å². The van der Waals surface area contributed by atoms with Crippen LogP contribution in [-0.4, -0.2) is 40.1 Å². The summed E-state index contributed by atoms with van der Waals surface area (Å²) in [4.78, 5) is 16.9. The fraction of sp³-hybridized carbons (Fsp3) is 0.357. The Morgan fingerprint density at radius 3 is 2.79 bits per heavy atom. The first-order chi connectivity index (χ1) is 8.78. The van der Waals surface area contributed by atoms with Gasteiger partial charge >= 0.3 is 0 Å². The standard InChI is InChI=1S/C14H19N3O2/c1-14(2,19)8-17(3)13(18)11-7-16-12-5-4-9(15)6-10(11)12/h4-7,16,19H,8,15H2,1-3H3. The quantitative estimate of drug-likeness (QED) is 0.734. The fourth-order valence-corrected chi connectivity index (χ4v) is 2.17. The lowest BCUT2D eigenvalue weighted by Crippen LogP contribution is -2.39. The molecule has 0 spiro atoms. The number of nitrogens with two attached hydrogens (primary N) is 1. The van der Waals surface area contributed by atoms with E-state index in [-0.39, 0.29) is 12.5 Å². The molecule has 19 heavy (non-hydrogen) atoms. The third kappa shape index (κ3) is 2.88. The summed E-state index contributed by atoms with van der Waals surface area (Å²) in [6.45, 7) is 3.61. The number of benzene rings is 1. The number of anilines is 1. The number of fused-ring (bicyclic) bond motifs is 1. The number of rotatable bonds is 3. The Morgan fingerprint density at radius 2 is 2.16 bits per heavy atom. The van der Waals surface area contributed by atoms with Gasteiger partial charge in [0, 0.05) is 36.4 Å². The molecular weight excluding hydrogens is 242 g/mol. The van der Waals surface area contributed by atoms with Crippen LogP contribution in [0.1, 0.15) is 24.2 Å². The number of carbonyl (C=O) groups is 1. The predicted octanol–water partition coefficient (Wildman–Crippen LogP) is 1.59. The molecule has 4 N–H and O–H groups in total. The minimum Gasteiger partial charge on any atom is -0.399 e. The number of aromatic nitrogens is 1. The van der Waals surface area contributed by atoms with E-state index in [1.165, 1.54) is 4.90 Å². The molecule has 0 aliphatic carbocycles. The molecule has 1 aromatic carbocycles. The summed E-state index contributed by atoms with van der Waals surface area (Å²) < 4.78 is 0. The van der Waals surface area contributed by atoms with Crippen molar-refractivity contribution in [1.29, 1.82) is 0 Å². The second-order valence-corrected chi connectivity index (χ2v) is 5.48. The molecule has 5 nitrogen and oxygen atoms in total. The van der Waals surface area contributed by atoms with E-state index in [2.05, 4.69) is 4.98 Å². The normalized spacial score (nSPS) is 11.8. The molecule has 2 aromatic rings. The minimum atomic E-state index is -0.921. The van der Waals surface area contributed by atoms with Crippen LogP contribution in [0.15, 0.2) is 24.4 Å². The largest absolute Gasteiger partial charge is 0.399 e. The number of nitrogen functional groups attached to an aromatic ring is 1. The van der Waals surface area contributed by atoms with Gasteiger partial charge in [0.05, 0.1) is 11.2 Å². The molecular formula is C14H19N3O2. The molecule has 0 saturated carbocycles. The van der Waals surface area contributed by atoms with Crippen LogP contribution < -0.4 is 5.73 Å². The SMILES string of the molecule is CN(CC(C)(C)O)C(=O)c1c[nH]c2ccc(N)cc12. The Balaban J connectivity index is 2.34. The van der Waals surface area contributed by atoms with E-state index in [9.17, 15) is 9.90 Å². The van der Waals surface area contributed by atoms with Gasteiger partial charge < -0.3 is 20.7 Å². The first kappa shape index (κ1) is 13.4. The average molecular weight is 261 g/mol. The summed E-state index contributed by atoms with van der Waals surface area (Å²) in [5.74, 6) is -0.140. The number of nitrogens with zero attached hydrogens (tertiary/aromatic N) is 1. The van der Waals surface area contributed by atoms with Crippen molar-refractivity contribution in [2.24, 2.45) is 0 Å². The van der Waals surface area contributed by atoms with E-state index >= 15 is 0 Å². The van der Waals surface area contributed by atoms with Gasteiger partial charge in [0.25, 0.3) is 5.91 Å². The Kier molecular flexibility index (Phi) is 3.24. The van der Waals surface area contributed by atoms with Crippen molar-refractivity contribution in [3.8, 4) is 0 Å². The topological polar surface area (TPSA) is 82.3 Å². The molecule has 0 aliphatic rings. The minimum absolute atomic E-state index is 0.140. The number of aliphatic hydroxyl groups is 1. The maximum absolute atomic E-state index is 12.4. The summed E-state index contributed by atoms with van der Waals surface area (Å²) in [5.41, 5.74) is 6.88. The maximum Gasteiger partial charge on any atom is 0.255 e. The van der Waals surface area contributed by atoms with Crippen LogP contribution >= 0.6 is 0 Å². The lowest BCUT2D eigenvalue weighted by molar-refractivity contribution is 0.0369. The van der Waals surface area contributed by atoms with E-state index < -0.39 is 5.60 Å². The zero-order valence-electron chi connectivity index (χ0n) is 11.4. The van der Waals surface area contributed by atoms with Gasteiger partial charge in [0.15, 0.2) is 0 Å². The van der Waals surface area contributed by atoms with Gasteiger partial charge in [-0.2, -0.15) is 0 Å². The lowest BCUT2D eigenvalue weighted by Gasteiger charge is -2.25. The molecule has 0 atom stereocenters. The summed E-state index contributed by atoms with van der Waals surface area (Å²) in [6.07, 6.45) is 1.67. The molecule has 0 saturated heterocycles. The van der Waals surface area contributed by atoms with Crippen molar-refractivity contribution in [1.82, 2.24) is 9.88 Å². The van der Waals surface area contributed by atoms with Gasteiger partial charge in [0.1, 0.15) is 0 Å². The Bertz CT molecular complexity index is 611. The van der Waals surface area contributed by atoms with Crippen molar-refractivity contribution >= 4 is 22.5 Å². The Morgan fingerprint density at radius 1 is 1.47 bits per heavy atom. The van der Waals surface area contributed by atoms with Crippen molar-refractivity contribution in [2.75, 3.05) is 19.3 Å². The predicted molar refractivity (Wildman–Crippen MR) is 76.0 cm³/mol. The number of carbonyl (C=O) groups excluding carboxylic acids is 1. The Labute approximate surface area is 112 Å². The van der Waals surface area contributed by atoms with E-state index in [4.69, 9.17) is 5.73 Å². The summed E-state index contributed by atoms with van der Waals surface area (Å²) in [7, 11) is 1.67. The van der Waals surface area contributed by atoms with Crippen LogP contribution in [0.2, 0.25) is 0 Å². The molecule has 0 radical (unpaired) electrons. The molecule has 0 aliphatic heterocycles. The number of hydrogen-bond donors (Lipinski definition) is 3. The highest BCUT2D eigenvalue weighted by atomic mass is 16.3. The summed E-state index contributed by atoms with van der Waals surface area (Å²) in [6, 6.07) is 5.40. The van der Waals surface area contributed by atoms with Crippen LogP contribution in [0.25, 0.3) is 10.9 Å². The zero-order chi connectivity index (χ0) is 14.2.